The molecule has 0 heterocycles. The fraction of sp³-hybridized carbons (Fsp3) is 0.381. The number of sulfonamides is 1. The van der Waals surface area contributed by atoms with Gasteiger partial charge in [-0.2, -0.15) is 0 Å². The monoisotopic (exact) mass is 420 g/mol. The van der Waals surface area contributed by atoms with Crippen LogP contribution in [0.4, 0.5) is 4.39 Å². The molecule has 6 nitrogen and oxygen atoms in total. The average Bonchev–Trinajstić information content (AvgIpc) is 3.53. The largest absolute Gasteiger partial charge is 0.494 e. The fourth-order valence-electron chi connectivity index (χ4n) is 2.99. The number of hydrogen-bond acceptors (Lipinski definition) is 4. The molecule has 8 heteroatoms. The summed E-state index contributed by atoms with van der Waals surface area (Å²) in [6, 6.07) is 12.4. The second-order valence-corrected chi connectivity index (χ2v) is 8.70. The van der Waals surface area contributed by atoms with Crippen molar-refractivity contribution in [3.05, 3.63) is 59.9 Å². The average molecular weight is 421 g/mol. The molecule has 0 atom stereocenters. The van der Waals surface area contributed by atoms with E-state index in [9.17, 15) is 17.6 Å². The van der Waals surface area contributed by atoms with E-state index in [2.05, 4.69) is 4.72 Å². The minimum Gasteiger partial charge on any atom is -0.494 e. The topological polar surface area (TPSA) is 75.7 Å². The Balaban J connectivity index is 1.54. The number of nitrogens with one attached hydrogen (secondary N) is 1. The van der Waals surface area contributed by atoms with Crippen LogP contribution in [0.2, 0.25) is 0 Å². The van der Waals surface area contributed by atoms with Crippen LogP contribution in [0.1, 0.15) is 31.7 Å². The van der Waals surface area contributed by atoms with Gasteiger partial charge in [0, 0.05) is 25.6 Å². The number of ether oxygens (including phenoxy) is 1. The molecule has 2 aromatic rings. The highest BCUT2D eigenvalue weighted by Crippen LogP contribution is 2.29. The minimum absolute atomic E-state index is 0.0149. The Bertz CT molecular complexity index is 926. The Kier molecular flexibility index (Phi) is 6.87. The Labute approximate surface area is 170 Å². The summed E-state index contributed by atoms with van der Waals surface area (Å²) in [5.74, 6) is 0.162. The lowest BCUT2D eigenvalue weighted by molar-refractivity contribution is -0.132. The van der Waals surface area contributed by atoms with Crippen molar-refractivity contribution in [1.29, 1.82) is 0 Å². The molecule has 1 N–H and O–H groups in total. The highest BCUT2D eigenvalue weighted by Gasteiger charge is 2.32. The number of rotatable bonds is 10. The van der Waals surface area contributed by atoms with Crippen molar-refractivity contribution < 1.29 is 22.3 Å². The molecule has 0 aromatic heterocycles. The maximum absolute atomic E-state index is 13.1. The van der Waals surface area contributed by atoms with Crippen LogP contribution in [0.5, 0.6) is 5.75 Å². The van der Waals surface area contributed by atoms with Gasteiger partial charge < -0.3 is 9.64 Å². The summed E-state index contributed by atoms with van der Waals surface area (Å²) in [5, 5.41) is 0. The molecule has 0 radical (unpaired) electrons. The molecule has 1 amide bonds. The zero-order valence-electron chi connectivity index (χ0n) is 16.3. The summed E-state index contributed by atoms with van der Waals surface area (Å²) in [5.41, 5.74) is 0.849. The predicted molar refractivity (Wildman–Crippen MR) is 107 cm³/mol. The zero-order valence-corrected chi connectivity index (χ0v) is 17.1. The van der Waals surface area contributed by atoms with Gasteiger partial charge in [-0.3, -0.25) is 4.79 Å². The molecular weight excluding hydrogens is 395 g/mol. The molecule has 29 heavy (non-hydrogen) atoms. The van der Waals surface area contributed by atoms with Crippen LogP contribution in [0.3, 0.4) is 0 Å². The zero-order chi connectivity index (χ0) is 20.9. The molecule has 0 aliphatic heterocycles. The van der Waals surface area contributed by atoms with Gasteiger partial charge in [-0.15, -0.1) is 0 Å². The highest BCUT2D eigenvalue weighted by atomic mass is 32.2. The van der Waals surface area contributed by atoms with Crippen molar-refractivity contribution in [2.75, 3.05) is 13.2 Å². The van der Waals surface area contributed by atoms with E-state index >= 15 is 0 Å². The number of halogens is 1. The van der Waals surface area contributed by atoms with Crippen LogP contribution in [0.25, 0.3) is 0 Å². The van der Waals surface area contributed by atoms with Crippen LogP contribution in [0, 0.1) is 5.82 Å². The van der Waals surface area contributed by atoms with Gasteiger partial charge in [0.05, 0.1) is 11.5 Å². The van der Waals surface area contributed by atoms with Gasteiger partial charge in [-0.25, -0.2) is 17.5 Å². The smallest absolute Gasteiger partial charge is 0.240 e. The van der Waals surface area contributed by atoms with Gasteiger partial charge in [0.25, 0.3) is 0 Å². The van der Waals surface area contributed by atoms with Crippen LogP contribution in [-0.4, -0.2) is 38.4 Å². The van der Waals surface area contributed by atoms with Gasteiger partial charge in [0.2, 0.25) is 15.9 Å². The normalized spacial score (nSPS) is 13.9. The molecule has 0 saturated heterocycles. The molecule has 3 rings (SSSR count). The Morgan fingerprint density at radius 3 is 2.38 bits per heavy atom. The van der Waals surface area contributed by atoms with E-state index in [0.717, 1.165) is 18.4 Å². The van der Waals surface area contributed by atoms with E-state index in [0.29, 0.717) is 18.9 Å². The van der Waals surface area contributed by atoms with Crippen LogP contribution in [-0.2, 0) is 21.4 Å². The summed E-state index contributed by atoms with van der Waals surface area (Å²) in [6.45, 7) is 2.77. The quantitative estimate of drug-likeness (QED) is 0.641. The number of benzene rings is 2. The summed E-state index contributed by atoms with van der Waals surface area (Å²) >= 11 is 0. The van der Waals surface area contributed by atoms with Gasteiger partial charge in [0.1, 0.15) is 11.6 Å². The Morgan fingerprint density at radius 2 is 1.79 bits per heavy atom. The first-order chi connectivity index (χ1) is 13.9. The van der Waals surface area contributed by atoms with Crippen molar-refractivity contribution in [2.24, 2.45) is 0 Å². The van der Waals surface area contributed by atoms with E-state index in [1.165, 1.54) is 24.3 Å². The molecule has 0 spiro atoms. The number of carbonyl (C=O) groups excluding carboxylic acids is 1. The third kappa shape index (κ3) is 6.01. The van der Waals surface area contributed by atoms with Crippen molar-refractivity contribution in [1.82, 2.24) is 9.62 Å². The molecule has 1 aliphatic rings. The third-order valence-corrected chi connectivity index (χ3v) is 6.13. The van der Waals surface area contributed by atoms with Crippen molar-refractivity contribution in [3.8, 4) is 5.75 Å². The maximum Gasteiger partial charge on any atom is 0.240 e. The lowest BCUT2D eigenvalue weighted by atomic mass is 10.2. The number of amides is 1. The van der Waals surface area contributed by atoms with Gasteiger partial charge in [-0.05, 0) is 61.7 Å². The summed E-state index contributed by atoms with van der Waals surface area (Å²) < 4.78 is 45.7. The van der Waals surface area contributed by atoms with Gasteiger partial charge in [-0.1, -0.05) is 12.1 Å². The van der Waals surface area contributed by atoms with Gasteiger partial charge in [0.15, 0.2) is 0 Å². The van der Waals surface area contributed by atoms with Crippen LogP contribution < -0.4 is 9.46 Å². The highest BCUT2D eigenvalue weighted by molar-refractivity contribution is 7.89. The number of nitrogens with zero attached hydrogens (tertiary/aromatic N) is 1. The first-order valence-electron chi connectivity index (χ1n) is 9.65. The van der Waals surface area contributed by atoms with E-state index in [1.807, 2.05) is 6.92 Å². The van der Waals surface area contributed by atoms with Crippen molar-refractivity contribution in [3.63, 3.8) is 0 Å². The van der Waals surface area contributed by atoms with Crippen molar-refractivity contribution >= 4 is 15.9 Å². The molecule has 1 aliphatic carbocycles. The SMILES string of the molecule is CCOc1ccc(S(=O)(=O)NCCC(=O)N(Cc2ccc(F)cc2)C2CC2)cc1. The fourth-order valence-corrected chi connectivity index (χ4v) is 4.03. The second-order valence-electron chi connectivity index (χ2n) is 6.93. The molecule has 0 bridgehead atoms. The third-order valence-electron chi connectivity index (χ3n) is 4.65. The van der Waals surface area contributed by atoms with Crippen LogP contribution >= 0.6 is 0 Å². The van der Waals surface area contributed by atoms with Gasteiger partial charge >= 0.3 is 0 Å². The lowest BCUT2D eigenvalue weighted by Crippen LogP contribution is -2.35. The predicted octanol–water partition coefficient (Wildman–Crippen LogP) is 3.08. The van der Waals surface area contributed by atoms with Crippen molar-refractivity contribution in [2.45, 2.75) is 43.7 Å². The summed E-state index contributed by atoms with van der Waals surface area (Å²) in [7, 11) is -3.70. The molecular formula is C21H25FN2O4S. The molecule has 1 fully saturated rings. The Morgan fingerprint density at radius 1 is 1.14 bits per heavy atom. The standard InChI is InChI=1S/C21H25FN2O4S/c1-2-28-19-9-11-20(12-10-19)29(26,27)23-14-13-21(25)24(18-7-8-18)15-16-3-5-17(22)6-4-16/h3-6,9-12,18,23H,2,7-8,13-15H2,1H3. The molecule has 0 unspecified atom stereocenters. The van der Waals surface area contributed by atoms with E-state index in [-0.39, 0.29) is 35.6 Å². The Hall–Kier alpha value is -2.45. The molecule has 2 aromatic carbocycles. The summed E-state index contributed by atoms with van der Waals surface area (Å²) in [6.07, 6.45) is 1.93. The number of hydrogen-bond donors (Lipinski definition) is 1. The van der Waals surface area contributed by atoms with E-state index in [4.69, 9.17) is 4.74 Å². The first kappa shape index (κ1) is 21.3. The first-order valence-corrected chi connectivity index (χ1v) is 11.1. The maximum atomic E-state index is 13.1. The molecule has 1 saturated carbocycles. The van der Waals surface area contributed by atoms with E-state index in [1.54, 1.807) is 29.2 Å². The minimum atomic E-state index is -3.70. The van der Waals surface area contributed by atoms with E-state index < -0.39 is 10.0 Å². The number of carbonyl (C=O) groups is 1. The lowest BCUT2D eigenvalue weighted by Gasteiger charge is -2.23. The second kappa shape index (κ2) is 9.37. The summed E-state index contributed by atoms with van der Waals surface area (Å²) in [4.78, 5) is 14.5. The van der Waals surface area contributed by atoms with Crippen LogP contribution in [0.15, 0.2) is 53.4 Å². The molecule has 156 valence electrons.